The van der Waals surface area contributed by atoms with Crippen LogP contribution in [-0.4, -0.2) is 6.54 Å². The summed E-state index contributed by atoms with van der Waals surface area (Å²) in [6.45, 7) is 1.09. The molecular weight excluding hydrogens is 268 g/mol. The molecule has 0 saturated heterocycles. The Morgan fingerprint density at radius 1 is 0.773 bits per heavy atom. The Hall–Kier alpha value is -2.22. The van der Waals surface area contributed by atoms with Crippen molar-refractivity contribution in [3.63, 3.8) is 0 Å². The molecule has 2 heteroatoms. The van der Waals surface area contributed by atoms with E-state index < -0.39 is 0 Å². The summed E-state index contributed by atoms with van der Waals surface area (Å²) < 4.78 is 0. The van der Waals surface area contributed by atoms with E-state index >= 15 is 0 Å². The van der Waals surface area contributed by atoms with Crippen LogP contribution in [0.1, 0.15) is 12.8 Å². The molecule has 3 unspecified atom stereocenters. The zero-order valence-corrected chi connectivity index (χ0v) is 12.7. The van der Waals surface area contributed by atoms with E-state index in [9.17, 15) is 0 Å². The van der Waals surface area contributed by atoms with E-state index in [2.05, 4.69) is 59.2 Å². The van der Waals surface area contributed by atoms with Crippen LogP contribution in [0.4, 0.5) is 17.1 Å². The molecule has 0 radical (unpaired) electrons. The van der Waals surface area contributed by atoms with Crippen LogP contribution in [0.5, 0.6) is 0 Å². The van der Waals surface area contributed by atoms with E-state index in [1.807, 2.05) is 18.2 Å². The highest BCUT2D eigenvalue weighted by Crippen LogP contribution is 2.43. The molecule has 112 valence electrons. The van der Waals surface area contributed by atoms with Crippen LogP contribution in [-0.2, 0) is 0 Å². The zero-order chi connectivity index (χ0) is 14.8. The first-order chi connectivity index (χ1) is 10.9. The minimum Gasteiger partial charge on any atom is -0.385 e. The molecule has 2 aliphatic rings. The van der Waals surface area contributed by atoms with Crippen LogP contribution in [0.25, 0.3) is 0 Å². The maximum atomic E-state index is 3.60. The smallest absolute Gasteiger partial charge is 0.0385 e. The first-order valence-corrected chi connectivity index (χ1v) is 8.21. The molecule has 1 fully saturated rings. The number of nitrogens with one attached hydrogen (secondary N) is 2. The molecule has 2 nitrogen and oxygen atoms in total. The molecule has 22 heavy (non-hydrogen) atoms. The molecule has 0 aromatic heterocycles. The SMILES string of the molecule is C1=CC2CC1CC2CNc1ccc(Nc2ccccc2)cc1. The molecule has 0 spiro atoms. The highest BCUT2D eigenvalue weighted by molar-refractivity contribution is 5.62. The van der Waals surface area contributed by atoms with Crippen molar-refractivity contribution < 1.29 is 0 Å². The normalized spacial score (nSPS) is 25.4. The van der Waals surface area contributed by atoms with E-state index in [1.54, 1.807) is 0 Å². The van der Waals surface area contributed by atoms with Gasteiger partial charge in [-0.15, -0.1) is 0 Å². The molecule has 0 heterocycles. The van der Waals surface area contributed by atoms with E-state index in [4.69, 9.17) is 0 Å². The standard InChI is InChI=1S/C20H22N2/c1-2-4-19(5-3-1)22-20-10-8-18(9-11-20)21-14-17-13-15-6-7-16(17)12-15/h1-11,15-17,21-22H,12-14H2. The van der Waals surface area contributed by atoms with Crippen LogP contribution >= 0.6 is 0 Å². The van der Waals surface area contributed by atoms with Gasteiger partial charge in [-0.05, 0) is 67.0 Å². The maximum absolute atomic E-state index is 3.60. The average molecular weight is 290 g/mol. The summed E-state index contributed by atoms with van der Waals surface area (Å²) in [5.74, 6) is 2.49. The minimum absolute atomic E-state index is 0.816. The summed E-state index contributed by atoms with van der Waals surface area (Å²) in [4.78, 5) is 0. The molecule has 2 aromatic carbocycles. The fourth-order valence-electron chi connectivity index (χ4n) is 3.74. The predicted molar refractivity (Wildman–Crippen MR) is 93.5 cm³/mol. The summed E-state index contributed by atoms with van der Waals surface area (Å²) in [5.41, 5.74) is 3.46. The molecule has 2 N–H and O–H groups in total. The highest BCUT2D eigenvalue weighted by Gasteiger charge is 2.35. The Balaban J connectivity index is 1.33. The van der Waals surface area contributed by atoms with Crippen LogP contribution in [0.15, 0.2) is 66.7 Å². The van der Waals surface area contributed by atoms with Gasteiger partial charge in [-0.1, -0.05) is 30.4 Å². The number of benzene rings is 2. The Morgan fingerprint density at radius 3 is 2.18 bits per heavy atom. The summed E-state index contributed by atoms with van der Waals surface area (Å²) in [5, 5.41) is 7.01. The molecule has 3 atom stereocenters. The quantitative estimate of drug-likeness (QED) is 0.753. The Labute approximate surface area is 132 Å². The van der Waals surface area contributed by atoms with Crippen LogP contribution < -0.4 is 10.6 Å². The van der Waals surface area contributed by atoms with Gasteiger partial charge in [-0.25, -0.2) is 0 Å². The van der Waals surface area contributed by atoms with E-state index in [0.29, 0.717) is 0 Å². The van der Waals surface area contributed by atoms with Crippen molar-refractivity contribution in [1.82, 2.24) is 0 Å². The zero-order valence-electron chi connectivity index (χ0n) is 12.7. The van der Waals surface area contributed by atoms with Gasteiger partial charge in [0, 0.05) is 23.6 Å². The fourth-order valence-corrected chi connectivity index (χ4v) is 3.74. The van der Waals surface area contributed by atoms with Crippen LogP contribution in [0.2, 0.25) is 0 Å². The molecule has 2 aromatic rings. The molecule has 0 aliphatic heterocycles. The fraction of sp³-hybridized carbons (Fsp3) is 0.300. The molecule has 2 bridgehead atoms. The van der Waals surface area contributed by atoms with Gasteiger partial charge >= 0.3 is 0 Å². The lowest BCUT2D eigenvalue weighted by molar-refractivity contribution is 0.472. The maximum Gasteiger partial charge on any atom is 0.0385 e. The van der Waals surface area contributed by atoms with Gasteiger partial charge < -0.3 is 10.6 Å². The van der Waals surface area contributed by atoms with Gasteiger partial charge in [0.25, 0.3) is 0 Å². The lowest BCUT2D eigenvalue weighted by Gasteiger charge is -2.19. The topological polar surface area (TPSA) is 24.1 Å². The summed E-state index contributed by atoms with van der Waals surface area (Å²) >= 11 is 0. The largest absolute Gasteiger partial charge is 0.385 e. The van der Waals surface area contributed by atoms with E-state index in [-0.39, 0.29) is 0 Å². The van der Waals surface area contributed by atoms with Gasteiger partial charge in [0.1, 0.15) is 0 Å². The van der Waals surface area contributed by atoms with E-state index in [1.165, 1.54) is 18.5 Å². The first kappa shape index (κ1) is 13.4. The summed E-state index contributed by atoms with van der Waals surface area (Å²) in [6.07, 6.45) is 7.58. The lowest BCUT2D eigenvalue weighted by Crippen LogP contribution is -2.18. The van der Waals surface area contributed by atoms with Crippen molar-refractivity contribution in [2.45, 2.75) is 12.8 Å². The summed E-state index contributed by atoms with van der Waals surface area (Å²) in [7, 11) is 0. The number of allylic oxidation sites excluding steroid dienone is 2. The molecular formula is C20H22N2. The second-order valence-electron chi connectivity index (χ2n) is 6.49. The van der Waals surface area contributed by atoms with Gasteiger partial charge in [0.15, 0.2) is 0 Å². The highest BCUT2D eigenvalue weighted by atomic mass is 14.9. The molecule has 2 aliphatic carbocycles. The van der Waals surface area contributed by atoms with Crippen molar-refractivity contribution in [2.75, 3.05) is 17.2 Å². The van der Waals surface area contributed by atoms with Gasteiger partial charge in [0.05, 0.1) is 0 Å². The third-order valence-electron chi connectivity index (χ3n) is 4.93. The number of rotatable bonds is 5. The van der Waals surface area contributed by atoms with Crippen molar-refractivity contribution in [1.29, 1.82) is 0 Å². The Kier molecular flexibility index (Phi) is 3.59. The van der Waals surface area contributed by atoms with E-state index in [0.717, 1.165) is 35.7 Å². The second-order valence-corrected chi connectivity index (χ2v) is 6.49. The lowest BCUT2D eigenvalue weighted by atomic mass is 9.93. The Morgan fingerprint density at radius 2 is 1.50 bits per heavy atom. The van der Waals surface area contributed by atoms with Gasteiger partial charge in [0.2, 0.25) is 0 Å². The van der Waals surface area contributed by atoms with Crippen molar-refractivity contribution in [2.24, 2.45) is 17.8 Å². The molecule has 0 amide bonds. The van der Waals surface area contributed by atoms with Crippen molar-refractivity contribution in [3.05, 3.63) is 66.7 Å². The third-order valence-corrected chi connectivity index (χ3v) is 4.93. The van der Waals surface area contributed by atoms with Crippen molar-refractivity contribution >= 4 is 17.1 Å². The molecule has 1 saturated carbocycles. The monoisotopic (exact) mass is 290 g/mol. The number of hydrogen-bond acceptors (Lipinski definition) is 2. The van der Waals surface area contributed by atoms with Gasteiger partial charge in [-0.2, -0.15) is 0 Å². The first-order valence-electron chi connectivity index (χ1n) is 8.21. The minimum atomic E-state index is 0.816. The molecule has 4 rings (SSSR count). The Bertz CT molecular complexity index is 645. The van der Waals surface area contributed by atoms with Gasteiger partial charge in [-0.3, -0.25) is 0 Å². The number of anilines is 3. The second kappa shape index (κ2) is 5.88. The number of hydrogen-bond donors (Lipinski definition) is 2. The van der Waals surface area contributed by atoms with Crippen LogP contribution in [0, 0.1) is 17.8 Å². The van der Waals surface area contributed by atoms with Crippen LogP contribution in [0.3, 0.4) is 0 Å². The van der Waals surface area contributed by atoms with Crippen molar-refractivity contribution in [3.8, 4) is 0 Å². The number of fused-ring (bicyclic) bond motifs is 2. The predicted octanol–water partition coefficient (Wildman–Crippen LogP) is 5.05. The number of para-hydroxylation sites is 1. The average Bonchev–Trinajstić information content (AvgIpc) is 3.18. The summed E-state index contributed by atoms with van der Waals surface area (Å²) in [6, 6.07) is 18.9. The third kappa shape index (κ3) is 2.87.